The van der Waals surface area contributed by atoms with Crippen molar-refractivity contribution in [3.05, 3.63) is 120 Å². The molecular weight excluding hydrogens is 757 g/mol. The van der Waals surface area contributed by atoms with E-state index in [2.05, 4.69) is 53.7 Å². The smallest absolute Gasteiger partial charge is 0.176 e. The van der Waals surface area contributed by atoms with Gasteiger partial charge in [-0.3, -0.25) is 43.8 Å². The van der Waals surface area contributed by atoms with E-state index in [-0.39, 0.29) is 24.8 Å². The van der Waals surface area contributed by atoms with Gasteiger partial charge < -0.3 is 0 Å². The Morgan fingerprint density at radius 1 is 0.361 bits per heavy atom. The van der Waals surface area contributed by atoms with Crippen molar-refractivity contribution in [2.75, 3.05) is 78.5 Å². The fraction of sp³-hybridized carbons (Fsp3) is 0.481. The Morgan fingerprint density at radius 3 is 0.951 bits per heavy atom. The number of ketones is 3. The summed E-state index contributed by atoms with van der Waals surface area (Å²) in [6.07, 6.45) is 12.2. The van der Waals surface area contributed by atoms with Crippen LogP contribution < -0.4 is 0 Å². The SMILES string of the molecule is C.O=C(CN1CCCN2CCCC21)c1ccc(-c2ccc(C(=O)CN3CCCN4CCCC43)cc2)cc1.O=C(CN1CCCN2CCCC21)c1ccc(-c2ccccc2)cc1. The summed E-state index contributed by atoms with van der Waals surface area (Å²) in [5.41, 5.74) is 6.88. The van der Waals surface area contributed by atoms with Crippen LogP contribution in [0.2, 0.25) is 0 Å². The number of hydrogen-bond acceptors (Lipinski definition) is 9. The third kappa shape index (κ3) is 10.1. The van der Waals surface area contributed by atoms with E-state index in [0.717, 1.165) is 65.9 Å². The maximum atomic E-state index is 13.0. The Hall–Kier alpha value is -4.35. The molecule has 6 saturated heterocycles. The van der Waals surface area contributed by atoms with Gasteiger partial charge in [0.05, 0.1) is 38.1 Å². The van der Waals surface area contributed by atoms with Gasteiger partial charge in [-0.2, -0.15) is 0 Å². The van der Waals surface area contributed by atoms with Gasteiger partial charge in [0.1, 0.15) is 0 Å². The summed E-state index contributed by atoms with van der Waals surface area (Å²) in [7, 11) is 0. The van der Waals surface area contributed by atoms with Gasteiger partial charge in [-0.05, 0) is 99.7 Å². The Morgan fingerprint density at radius 2 is 0.639 bits per heavy atom. The molecule has 3 atom stereocenters. The van der Waals surface area contributed by atoms with E-state index >= 15 is 0 Å². The average Bonchev–Trinajstić information content (AvgIpc) is 4.10. The van der Waals surface area contributed by atoms with E-state index in [1.54, 1.807) is 0 Å². The summed E-state index contributed by atoms with van der Waals surface area (Å²) in [4.78, 5) is 53.4. The first kappa shape index (κ1) is 43.3. The molecular formula is C52H66N6O3. The lowest BCUT2D eigenvalue weighted by molar-refractivity contribution is 0.0337. The van der Waals surface area contributed by atoms with Crippen molar-refractivity contribution >= 4 is 17.3 Å². The van der Waals surface area contributed by atoms with Gasteiger partial charge in [-0.25, -0.2) is 0 Å². The van der Waals surface area contributed by atoms with Crippen LogP contribution in [0.15, 0.2) is 103 Å². The van der Waals surface area contributed by atoms with Gasteiger partial charge in [0.25, 0.3) is 0 Å². The van der Waals surface area contributed by atoms with Crippen LogP contribution in [0, 0.1) is 0 Å². The van der Waals surface area contributed by atoms with Crippen molar-refractivity contribution in [1.29, 1.82) is 0 Å². The van der Waals surface area contributed by atoms with E-state index in [0.29, 0.717) is 38.1 Å². The van der Waals surface area contributed by atoms with Crippen LogP contribution in [-0.2, 0) is 0 Å². The molecule has 9 nitrogen and oxygen atoms in total. The van der Waals surface area contributed by atoms with Crippen LogP contribution in [-0.4, -0.2) is 144 Å². The van der Waals surface area contributed by atoms with Crippen molar-refractivity contribution in [2.45, 2.75) is 83.7 Å². The van der Waals surface area contributed by atoms with Crippen molar-refractivity contribution in [2.24, 2.45) is 0 Å². The molecule has 4 aromatic carbocycles. The Balaban J connectivity index is 0.000000179. The zero-order valence-electron chi connectivity index (χ0n) is 35.3. The second-order valence-corrected chi connectivity index (χ2v) is 17.8. The number of hydrogen-bond donors (Lipinski definition) is 0. The van der Waals surface area contributed by atoms with Gasteiger partial charge in [0.15, 0.2) is 17.3 Å². The van der Waals surface area contributed by atoms with Crippen LogP contribution in [0.25, 0.3) is 22.3 Å². The molecule has 6 fully saturated rings. The molecule has 0 saturated carbocycles. The van der Waals surface area contributed by atoms with Crippen molar-refractivity contribution in [3.8, 4) is 22.3 Å². The number of benzene rings is 4. The Labute approximate surface area is 364 Å². The fourth-order valence-corrected chi connectivity index (χ4v) is 10.9. The summed E-state index contributed by atoms with van der Waals surface area (Å²) in [5, 5.41) is 0. The molecule has 322 valence electrons. The maximum absolute atomic E-state index is 13.0. The lowest BCUT2D eigenvalue weighted by atomic mass is 10.00. The van der Waals surface area contributed by atoms with Crippen LogP contribution in [0.3, 0.4) is 0 Å². The molecule has 0 amide bonds. The van der Waals surface area contributed by atoms with Gasteiger partial charge in [-0.15, -0.1) is 0 Å². The monoisotopic (exact) mass is 823 g/mol. The normalized spacial score (nSPS) is 23.6. The highest BCUT2D eigenvalue weighted by molar-refractivity contribution is 5.99. The summed E-state index contributed by atoms with van der Waals surface area (Å²) < 4.78 is 0. The molecule has 6 heterocycles. The van der Waals surface area contributed by atoms with Crippen molar-refractivity contribution in [1.82, 2.24) is 29.4 Å². The predicted octanol–water partition coefficient (Wildman–Crippen LogP) is 8.27. The molecule has 9 heteroatoms. The number of nitrogens with zero attached hydrogens (tertiary/aromatic N) is 6. The third-order valence-corrected chi connectivity index (χ3v) is 14.0. The first-order valence-corrected chi connectivity index (χ1v) is 22.9. The zero-order chi connectivity index (χ0) is 40.8. The van der Waals surface area contributed by atoms with Crippen LogP contribution in [0.4, 0.5) is 0 Å². The first-order chi connectivity index (χ1) is 29.5. The molecule has 0 aliphatic carbocycles. The van der Waals surface area contributed by atoms with E-state index in [1.165, 1.54) is 89.8 Å². The topological polar surface area (TPSA) is 70.7 Å². The second kappa shape index (κ2) is 20.2. The standard InChI is InChI=1S/C30H38N4O2.C21H24N2O.CH4/c35-27(21-33-19-3-17-31-15-1-5-29(31)33)25-11-7-23(8-12-25)24-9-13-26(14-10-24)28(36)22-34-20-4-18-32-16-2-6-30(32)34;24-20(16-23-15-5-14-22-13-4-8-21(22)23)19-11-9-18(10-12-19)17-6-2-1-3-7-17;/h7-14,29-30H,1-6,15-22H2;1-3,6-7,9-12,21H,4-5,8,13-16H2;1H4. The zero-order valence-corrected chi connectivity index (χ0v) is 35.3. The maximum Gasteiger partial charge on any atom is 0.176 e. The molecule has 0 bridgehead atoms. The van der Waals surface area contributed by atoms with E-state index in [4.69, 9.17) is 0 Å². The van der Waals surface area contributed by atoms with Gasteiger partial charge in [-0.1, -0.05) is 111 Å². The summed E-state index contributed by atoms with van der Waals surface area (Å²) in [6.45, 7) is 11.7. The minimum atomic E-state index is 0. The van der Waals surface area contributed by atoms with Crippen LogP contribution in [0.5, 0.6) is 0 Å². The number of carbonyl (C=O) groups excluding carboxylic acids is 3. The van der Waals surface area contributed by atoms with Crippen LogP contribution >= 0.6 is 0 Å². The minimum absolute atomic E-state index is 0. The highest BCUT2D eigenvalue weighted by Crippen LogP contribution is 2.29. The Bertz CT molecular complexity index is 1990. The minimum Gasteiger partial charge on any atom is -0.293 e. The first-order valence-electron chi connectivity index (χ1n) is 22.9. The highest BCUT2D eigenvalue weighted by atomic mass is 16.1. The lowest BCUT2D eigenvalue weighted by Crippen LogP contribution is -2.51. The lowest BCUT2D eigenvalue weighted by Gasteiger charge is -2.39. The average molecular weight is 823 g/mol. The molecule has 10 rings (SSSR count). The highest BCUT2D eigenvalue weighted by Gasteiger charge is 2.36. The largest absolute Gasteiger partial charge is 0.293 e. The van der Waals surface area contributed by atoms with Gasteiger partial charge >= 0.3 is 0 Å². The molecule has 0 N–H and O–H groups in total. The van der Waals surface area contributed by atoms with Gasteiger partial charge in [0, 0.05) is 56.0 Å². The molecule has 0 spiro atoms. The van der Waals surface area contributed by atoms with E-state index in [1.807, 2.05) is 78.9 Å². The molecule has 6 aliphatic rings. The summed E-state index contributed by atoms with van der Waals surface area (Å²) in [6, 6.07) is 34.3. The quantitative estimate of drug-likeness (QED) is 0.139. The Kier molecular flexibility index (Phi) is 14.4. The van der Waals surface area contributed by atoms with E-state index < -0.39 is 0 Å². The number of Topliss-reactive ketones (excluding diaryl/α,β-unsaturated/α-hetero) is 3. The molecule has 6 aliphatic heterocycles. The van der Waals surface area contributed by atoms with E-state index in [9.17, 15) is 14.4 Å². The van der Waals surface area contributed by atoms with Gasteiger partial charge in [0.2, 0.25) is 0 Å². The molecule has 4 aromatic rings. The van der Waals surface area contributed by atoms with Crippen molar-refractivity contribution in [3.63, 3.8) is 0 Å². The summed E-state index contributed by atoms with van der Waals surface area (Å²) >= 11 is 0. The molecule has 61 heavy (non-hydrogen) atoms. The summed E-state index contributed by atoms with van der Waals surface area (Å²) in [5.74, 6) is 0.646. The molecule has 0 aromatic heterocycles. The van der Waals surface area contributed by atoms with Crippen molar-refractivity contribution < 1.29 is 14.4 Å². The number of fused-ring (bicyclic) bond motifs is 3. The third-order valence-electron chi connectivity index (χ3n) is 14.0. The molecule has 0 radical (unpaired) electrons. The molecule has 3 unspecified atom stereocenters. The predicted molar refractivity (Wildman–Crippen MR) is 246 cm³/mol. The van der Waals surface area contributed by atoms with Crippen LogP contribution in [0.1, 0.15) is 96.3 Å². The second-order valence-electron chi connectivity index (χ2n) is 17.8. The number of rotatable bonds is 11. The number of carbonyl (C=O) groups is 3. The fourth-order valence-electron chi connectivity index (χ4n) is 10.9.